The fourth-order valence-corrected chi connectivity index (χ4v) is 4.53. The van der Waals surface area contributed by atoms with Crippen molar-refractivity contribution in [2.75, 3.05) is 5.32 Å². The van der Waals surface area contributed by atoms with Crippen LogP contribution in [-0.4, -0.2) is 21.2 Å². The third-order valence-electron chi connectivity index (χ3n) is 4.89. The minimum atomic E-state index is -0.424. The van der Waals surface area contributed by atoms with Crippen molar-refractivity contribution in [1.29, 1.82) is 0 Å². The van der Waals surface area contributed by atoms with Crippen molar-refractivity contribution in [3.05, 3.63) is 78.1 Å². The molecule has 0 amide bonds. The van der Waals surface area contributed by atoms with Gasteiger partial charge in [-0.1, -0.05) is 41.7 Å². The summed E-state index contributed by atoms with van der Waals surface area (Å²) in [5.74, 6) is 0. The maximum absolute atomic E-state index is 10.4. The number of aromatic nitrogens is 2. The quantitative estimate of drug-likeness (QED) is 0.568. The van der Waals surface area contributed by atoms with Gasteiger partial charge < -0.3 is 10.4 Å². The van der Waals surface area contributed by atoms with Crippen molar-refractivity contribution in [2.24, 2.45) is 0 Å². The highest BCUT2D eigenvalue weighted by Gasteiger charge is 2.31. The van der Waals surface area contributed by atoms with Crippen LogP contribution >= 0.6 is 11.3 Å². The van der Waals surface area contributed by atoms with Crippen LogP contribution in [0.4, 0.5) is 5.13 Å². The standard InChI is InChI=1S/C21H17N3OS/c25-18-11-15-3-1-2-4-16(15)20(18)24-21-23-17-6-5-14(12-19(17)26-21)13-7-9-22-10-8-13/h1-10,12,18,20,25H,11H2,(H,23,24)/t18?,20-/m1/s1. The smallest absolute Gasteiger partial charge is 0.184 e. The number of fused-ring (bicyclic) bond motifs is 2. The molecule has 2 aromatic heterocycles. The molecule has 26 heavy (non-hydrogen) atoms. The summed E-state index contributed by atoms with van der Waals surface area (Å²) in [4.78, 5) is 8.78. The van der Waals surface area contributed by atoms with Crippen molar-refractivity contribution >= 4 is 26.7 Å². The predicted molar refractivity (Wildman–Crippen MR) is 105 cm³/mol. The summed E-state index contributed by atoms with van der Waals surface area (Å²) in [6.45, 7) is 0. The van der Waals surface area contributed by atoms with E-state index in [4.69, 9.17) is 4.98 Å². The molecule has 128 valence electrons. The molecule has 2 aromatic carbocycles. The van der Waals surface area contributed by atoms with E-state index in [0.29, 0.717) is 6.42 Å². The molecule has 0 bridgehead atoms. The summed E-state index contributed by atoms with van der Waals surface area (Å²) >= 11 is 1.62. The predicted octanol–water partition coefficient (Wildman–Crippen LogP) is 4.43. The number of hydrogen-bond donors (Lipinski definition) is 2. The number of anilines is 1. The average molecular weight is 359 g/mol. The van der Waals surface area contributed by atoms with Crippen LogP contribution in [0.1, 0.15) is 17.2 Å². The second kappa shape index (κ2) is 6.20. The lowest BCUT2D eigenvalue weighted by atomic mass is 10.1. The largest absolute Gasteiger partial charge is 0.390 e. The third-order valence-corrected chi connectivity index (χ3v) is 5.83. The number of thiazole rings is 1. The van der Waals surface area contributed by atoms with Crippen molar-refractivity contribution in [3.63, 3.8) is 0 Å². The van der Waals surface area contributed by atoms with Crippen molar-refractivity contribution in [1.82, 2.24) is 9.97 Å². The summed E-state index contributed by atoms with van der Waals surface area (Å²) in [7, 11) is 0. The molecule has 1 aliphatic carbocycles. The molecule has 4 aromatic rings. The zero-order valence-corrected chi connectivity index (χ0v) is 14.8. The van der Waals surface area contributed by atoms with Gasteiger partial charge in [0.25, 0.3) is 0 Å². The summed E-state index contributed by atoms with van der Waals surface area (Å²) in [5, 5.41) is 14.7. The minimum absolute atomic E-state index is 0.105. The Balaban J connectivity index is 1.47. The van der Waals surface area contributed by atoms with Crippen LogP contribution in [0.3, 0.4) is 0 Å². The Morgan fingerprint density at radius 3 is 2.73 bits per heavy atom. The number of aliphatic hydroxyl groups is 1. The molecule has 0 spiro atoms. The highest BCUT2D eigenvalue weighted by molar-refractivity contribution is 7.22. The Labute approximate surface area is 155 Å². The minimum Gasteiger partial charge on any atom is -0.390 e. The zero-order chi connectivity index (χ0) is 17.5. The van der Waals surface area contributed by atoms with E-state index in [0.717, 1.165) is 32.0 Å². The number of pyridine rings is 1. The van der Waals surface area contributed by atoms with E-state index in [2.05, 4.69) is 34.6 Å². The van der Waals surface area contributed by atoms with Gasteiger partial charge in [-0.3, -0.25) is 4.98 Å². The van der Waals surface area contributed by atoms with Crippen LogP contribution in [0, 0.1) is 0 Å². The molecule has 0 aliphatic heterocycles. The number of benzene rings is 2. The van der Waals surface area contributed by atoms with Gasteiger partial charge in [-0.15, -0.1) is 0 Å². The molecule has 5 heteroatoms. The number of nitrogens with one attached hydrogen (secondary N) is 1. The Morgan fingerprint density at radius 2 is 1.85 bits per heavy atom. The number of rotatable bonds is 3. The molecule has 1 unspecified atom stereocenters. The van der Waals surface area contributed by atoms with Crippen LogP contribution in [0.25, 0.3) is 21.3 Å². The first-order valence-electron chi connectivity index (χ1n) is 8.61. The summed E-state index contributed by atoms with van der Waals surface area (Å²) in [5.41, 5.74) is 5.64. The fraction of sp³-hybridized carbons (Fsp3) is 0.143. The Hall–Kier alpha value is -2.76. The highest BCUT2D eigenvalue weighted by atomic mass is 32.1. The normalized spacial score (nSPS) is 18.8. The third kappa shape index (κ3) is 2.66. The lowest BCUT2D eigenvalue weighted by molar-refractivity contribution is 0.166. The van der Waals surface area contributed by atoms with Gasteiger partial charge in [0.15, 0.2) is 5.13 Å². The van der Waals surface area contributed by atoms with Gasteiger partial charge >= 0.3 is 0 Å². The summed E-state index contributed by atoms with van der Waals surface area (Å²) in [6, 6.07) is 18.4. The molecule has 4 nitrogen and oxygen atoms in total. The topological polar surface area (TPSA) is 58.0 Å². The average Bonchev–Trinajstić information content (AvgIpc) is 3.22. The lowest BCUT2D eigenvalue weighted by Crippen LogP contribution is -2.20. The Morgan fingerprint density at radius 1 is 1.00 bits per heavy atom. The van der Waals surface area contributed by atoms with Crippen molar-refractivity contribution in [3.8, 4) is 11.1 Å². The first-order valence-corrected chi connectivity index (χ1v) is 9.43. The number of nitrogens with zero attached hydrogens (tertiary/aromatic N) is 2. The van der Waals surface area contributed by atoms with Crippen LogP contribution in [-0.2, 0) is 6.42 Å². The Kier molecular flexibility index (Phi) is 3.69. The van der Waals surface area contributed by atoms with E-state index in [9.17, 15) is 5.11 Å². The molecular formula is C21H17N3OS. The molecule has 2 atom stereocenters. The van der Waals surface area contributed by atoms with Gasteiger partial charge in [-0.05, 0) is 46.5 Å². The lowest BCUT2D eigenvalue weighted by Gasteiger charge is -2.16. The maximum atomic E-state index is 10.4. The number of aliphatic hydroxyl groups excluding tert-OH is 1. The van der Waals surface area contributed by atoms with E-state index in [1.807, 2.05) is 30.3 Å². The molecule has 0 saturated heterocycles. The van der Waals surface area contributed by atoms with E-state index < -0.39 is 6.10 Å². The monoisotopic (exact) mass is 359 g/mol. The highest BCUT2D eigenvalue weighted by Crippen LogP contribution is 2.37. The number of hydrogen-bond acceptors (Lipinski definition) is 5. The molecule has 5 rings (SSSR count). The van der Waals surface area contributed by atoms with Gasteiger partial charge in [0, 0.05) is 18.8 Å². The van der Waals surface area contributed by atoms with Gasteiger partial charge in [0.05, 0.1) is 22.4 Å². The van der Waals surface area contributed by atoms with E-state index in [1.165, 1.54) is 5.56 Å². The first kappa shape index (κ1) is 15.5. The molecule has 2 N–H and O–H groups in total. The molecule has 2 heterocycles. The fourth-order valence-electron chi connectivity index (χ4n) is 3.59. The van der Waals surface area contributed by atoms with Gasteiger partial charge in [-0.2, -0.15) is 0 Å². The van der Waals surface area contributed by atoms with Crippen LogP contribution in [0.15, 0.2) is 67.0 Å². The molecule has 0 fully saturated rings. The molecule has 0 saturated carbocycles. The van der Waals surface area contributed by atoms with Gasteiger partial charge in [0.1, 0.15) is 0 Å². The van der Waals surface area contributed by atoms with E-state index in [-0.39, 0.29) is 6.04 Å². The summed E-state index contributed by atoms with van der Waals surface area (Å²) < 4.78 is 1.13. The van der Waals surface area contributed by atoms with Crippen LogP contribution < -0.4 is 5.32 Å². The first-order chi connectivity index (χ1) is 12.8. The van der Waals surface area contributed by atoms with E-state index in [1.54, 1.807) is 23.7 Å². The van der Waals surface area contributed by atoms with E-state index >= 15 is 0 Å². The molecule has 1 aliphatic rings. The van der Waals surface area contributed by atoms with Crippen LogP contribution in [0.5, 0.6) is 0 Å². The second-order valence-electron chi connectivity index (χ2n) is 6.53. The summed E-state index contributed by atoms with van der Waals surface area (Å²) in [6.07, 6.45) is 3.87. The Bertz CT molecular complexity index is 1080. The van der Waals surface area contributed by atoms with Crippen LogP contribution in [0.2, 0.25) is 0 Å². The molecule has 0 radical (unpaired) electrons. The second-order valence-corrected chi connectivity index (χ2v) is 7.56. The zero-order valence-electron chi connectivity index (χ0n) is 14.0. The molecular weight excluding hydrogens is 342 g/mol. The van der Waals surface area contributed by atoms with Crippen molar-refractivity contribution < 1.29 is 5.11 Å². The van der Waals surface area contributed by atoms with Gasteiger partial charge in [-0.25, -0.2) is 4.98 Å². The SMILES string of the molecule is OC1Cc2ccccc2[C@H]1Nc1nc2ccc(-c3ccncc3)cc2s1. The maximum Gasteiger partial charge on any atom is 0.184 e. The van der Waals surface area contributed by atoms with Crippen molar-refractivity contribution in [2.45, 2.75) is 18.6 Å². The van der Waals surface area contributed by atoms with Gasteiger partial charge in [0.2, 0.25) is 0 Å².